The number of hydrogen-bond acceptors (Lipinski definition) is 2. The van der Waals surface area contributed by atoms with Gasteiger partial charge in [0.15, 0.2) is 0 Å². The Balaban J connectivity index is 2.25. The van der Waals surface area contributed by atoms with Crippen LogP contribution in [0, 0.1) is 0 Å². The van der Waals surface area contributed by atoms with E-state index in [0.717, 1.165) is 0 Å². The molecule has 5 heteroatoms. The van der Waals surface area contributed by atoms with Gasteiger partial charge in [-0.2, -0.15) is 0 Å². The molecule has 1 N–H and O–H groups in total. The van der Waals surface area contributed by atoms with E-state index < -0.39 is 0 Å². The van der Waals surface area contributed by atoms with Gasteiger partial charge in [-0.25, -0.2) is 4.99 Å². The number of halogens is 1. The summed E-state index contributed by atoms with van der Waals surface area (Å²) in [6.07, 6.45) is 0.293. The molecule has 0 bridgehead atoms. The molecule has 2 rings (SSSR count). The number of amides is 1. The number of nitrogens with zero attached hydrogens (tertiary/aromatic N) is 2. The predicted molar refractivity (Wildman–Crippen MR) is 59.1 cm³/mol. The second-order valence-electron chi connectivity index (χ2n) is 3.25. The normalized spacial score (nSPS) is 18.4. The van der Waals surface area contributed by atoms with Crippen LogP contribution in [-0.4, -0.2) is 23.8 Å². The summed E-state index contributed by atoms with van der Waals surface area (Å²) >= 11 is 5.94. The molecule has 1 fully saturated rings. The molecule has 0 aliphatic carbocycles. The number of hydrogen-bond donors (Lipinski definition) is 1. The maximum Gasteiger partial charge on any atom is 0.248 e. The van der Waals surface area contributed by atoms with Gasteiger partial charge in [0.1, 0.15) is 5.84 Å². The summed E-state index contributed by atoms with van der Waals surface area (Å²) < 4.78 is 0. The van der Waals surface area contributed by atoms with Crippen LogP contribution in [-0.2, 0) is 4.79 Å². The van der Waals surface area contributed by atoms with Crippen LogP contribution in [0.3, 0.4) is 0 Å². The van der Waals surface area contributed by atoms with Crippen molar-refractivity contribution in [2.75, 3.05) is 7.05 Å². The van der Waals surface area contributed by atoms with Gasteiger partial charge in [0.2, 0.25) is 5.91 Å². The number of amidine groups is 1. The summed E-state index contributed by atoms with van der Waals surface area (Å²) in [6.45, 7) is 0. The van der Waals surface area contributed by atoms with Crippen molar-refractivity contribution >= 4 is 29.0 Å². The average Bonchev–Trinajstić information content (AvgIpc) is 2.50. The molecule has 1 aromatic carbocycles. The molecule has 1 aromatic rings. The Labute approximate surface area is 92.5 Å². The first-order chi connectivity index (χ1) is 7.16. The molecule has 1 heterocycles. The lowest BCUT2D eigenvalue weighted by molar-refractivity contribution is -0.128. The lowest BCUT2D eigenvalue weighted by Crippen LogP contribution is -2.31. The lowest BCUT2D eigenvalue weighted by atomic mass is 10.3. The molecule has 1 saturated heterocycles. The number of para-hydroxylation sites is 1. The zero-order valence-electron chi connectivity index (χ0n) is 8.20. The van der Waals surface area contributed by atoms with Gasteiger partial charge in [-0.15, -0.1) is 0 Å². The van der Waals surface area contributed by atoms with Crippen LogP contribution < -0.4 is 5.43 Å². The molecule has 0 radical (unpaired) electrons. The fraction of sp³-hybridized carbons (Fsp3) is 0.200. The Morgan fingerprint density at radius 3 is 2.80 bits per heavy atom. The highest BCUT2D eigenvalue weighted by molar-refractivity contribution is 6.33. The summed E-state index contributed by atoms with van der Waals surface area (Å²) in [4.78, 5) is 15.5. The molecular weight excluding hydrogens is 214 g/mol. The van der Waals surface area contributed by atoms with Gasteiger partial charge in [-0.1, -0.05) is 23.7 Å². The molecule has 0 unspecified atom stereocenters. The zero-order chi connectivity index (χ0) is 10.8. The standard InChI is InChI=1S/C10H10ClN3O/c1-14-10(15)6-9(13-14)12-8-5-3-2-4-7(8)11/h2-5H,6H2,1H3,(H,12,13). The number of hydrazine groups is 1. The summed E-state index contributed by atoms with van der Waals surface area (Å²) in [5.41, 5.74) is 3.53. The zero-order valence-corrected chi connectivity index (χ0v) is 8.95. The Bertz CT molecular complexity index is 430. The maximum absolute atomic E-state index is 11.2. The quantitative estimate of drug-likeness (QED) is 0.788. The van der Waals surface area contributed by atoms with Crippen LogP contribution in [0.1, 0.15) is 6.42 Å². The molecule has 1 aliphatic heterocycles. The van der Waals surface area contributed by atoms with Crippen LogP contribution in [0.2, 0.25) is 5.02 Å². The molecule has 15 heavy (non-hydrogen) atoms. The third-order valence-electron chi connectivity index (χ3n) is 2.10. The third-order valence-corrected chi connectivity index (χ3v) is 2.42. The summed E-state index contributed by atoms with van der Waals surface area (Å²) in [7, 11) is 1.66. The highest BCUT2D eigenvalue weighted by Gasteiger charge is 2.21. The Kier molecular flexibility index (Phi) is 2.60. The molecule has 0 atom stereocenters. The van der Waals surface area contributed by atoms with Gasteiger partial charge in [-0.05, 0) is 12.1 Å². The van der Waals surface area contributed by atoms with Crippen molar-refractivity contribution in [3.8, 4) is 0 Å². The van der Waals surface area contributed by atoms with Gasteiger partial charge in [0.25, 0.3) is 0 Å². The Morgan fingerprint density at radius 2 is 2.20 bits per heavy atom. The van der Waals surface area contributed by atoms with E-state index in [9.17, 15) is 4.79 Å². The van der Waals surface area contributed by atoms with E-state index in [1.54, 1.807) is 19.2 Å². The van der Waals surface area contributed by atoms with E-state index in [0.29, 0.717) is 23.0 Å². The summed E-state index contributed by atoms with van der Waals surface area (Å²) in [5.74, 6) is 0.622. The summed E-state index contributed by atoms with van der Waals surface area (Å²) in [5, 5.41) is 1.99. The van der Waals surface area contributed by atoms with Crippen molar-refractivity contribution in [2.24, 2.45) is 4.99 Å². The second kappa shape index (κ2) is 3.90. The fourth-order valence-corrected chi connectivity index (χ4v) is 1.49. The number of benzene rings is 1. The molecule has 1 amide bonds. The van der Waals surface area contributed by atoms with Gasteiger partial charge in [0.05, 0.1) is 17.1 Å². The molecule has 4 nitrogen and oxygen atoms in total. The van der Waals surface area contributed by atoms with Crippen molar-refractivity contribution < 1.29 is 4.79 Å². The highest BCUT2D eigenvalue weighted by Crippen LogP contribution is 2.24. The number of carbonyl (C=O) groups excluding carboxylic acids is 1. The summed E-state index contributed by atoms with van der Waals surface area (Å²) in [6, 6.07) is 7.26. The first-order valence-electron chi connectivity index (χ1n) is 4.52. The molecule has 78 valence electrons. The largest absolute Gasteiger partial charge is 0.283 e. The van der Waals surface area contributed by atoms with E-state index in [-0.39, 0.29) is 5.91 Å². The predicted octanol–water partition coefficient (Wildman–Crippen LogP) is 1.74. The average molecular weight is 224 g/mol. The number of carbonyl (C=O) groups is 1. The van der Waals surface area contributed by atoms with E-state index >= 15 is 0 Å². The first-order valence-corrected chi connectivity index (χ1v) is 4.90. The number of rotatable bonds is 1. The molecule has 1 aliphatic rings. The molecular formula is C10H10ClN3O. The van der Waals surface area contributed by atoms with E-state index in [1.807, 2.05) is 12.1 Å². The van der Waals surface area contributed by atoms with Gasteiger partial charge >= 0.3 is 0 Å². The topological polar surface area (TPSA) is 44.7 Å². The van der Waals surface area contributed by atoms with Crippen LogP contribution in [0.5, 0.6) is 0 Å². The minimum atomic E-state index is 0.000744. The van der Waals surface area contributed by atoms with Gasteiger partial charge < -0.3 is 0 Å². The monoisotopic (exact) mass is 223 g/mol. The van der Waals surface area contributed by atoms with Crippen molar-refractivity contribution in [1.29, 1.82) is 0 Å². The maximum atomic E-state index is 11.2. The van der Waals surface area contributed by atoms with Crippen LogP contribution in [0.4, 0.5) is 5.69 Å². The van der Waals surface area contributed by atoms with Crippen LogP contribution in [0.25, 0.3) is 0 Å². The van der Waals surface area contributed by atoms with E-state index in [4.69, 9.17) is 11.6 Å². The highest BCUT2D eigenvalue weighted by atomic mass is 35.5. The lowest BCUT2D eigenvalue weighted by Gasteiger charge is -2.07. The van der Waals surface area contributed by atoms with Crippen molar-refractivity contribution in [3.63, 3.8) is 0 Å². The molecule has 0 saturated carbocycles. The van der Waals surface area contributed by atoms with Crippen molar-refractivity contribution in [1.82, 2.24) is 10.4 Å². The minimum Gasteiger partial charge on any atom is -0.283 e. The third kappa shape index (κ3) is 2.10. The second-order valence-corrected chi connectivity index (χ2v) is 3.66. The van der Waals surface area contributed by atoms with E-state index in [1.165, 1.54) is 5.01 Å². The van der Waals surface area contributed by atoms with Crippen molar-refractivity contribution in [2.45, 2.75) is 6.42 Å². The van der Waals surface area contributed by atoms with Crippen molar-refractivity contribution in [3.05, 3.63) is 29.3 Å². The smallest absolute Gasteiger partial charge is 0.248 e. The van der Waals surface area contributed by atoms with E-state index in [2.05, 4.69) is 10.4 Å². The Hall–Kier alpha value is -1.55. The SMILES string of the molecule is CN1NC(=Nc2ccccc2Cl)CC1=O. The van der Waals surface area contributed by atoms with Crippen LogP contribution in [0.15, 0.2) is 29.3 Å². The molecule has 0 spiro atoms. The minimum absolute atomic E-state index is 0.000744. The Morgan fingerprint density at radius 1 is 1.47 bits per heavy atom. The fourth-order valence-electron chi connectivity index (χ4n) is 1.31. The molecule has 0 aromatic heterocycles. The number of nitrogens with one attached hydrogen (secondary N) is 1. The first kappa shape index (κ1) is 9.98. The number of aliphatic imine (C=N–C) groups is 1. The van der Waals surface area contributed by atoms with Gasteiger partial charge in [0, 0.05) is 7.05 Å². The van der Waals surface area contributed by atoms with Crippen LogP contribution >= 0.6 is 11.6 Å². The van der Waals surface area contributed by atoms with Gasteiger partial charge in [-0.3, -0.25) is 15.2 Å².